The van der Waals surface area contributed by atoms with Gasteiger partial charge in [0.15, 0.2) is 0 Å². The fourth-order valence-electron chi connectivity index (χ4n) is 2.14. The van der Waals surface area contributed by atoms with E-state index in [2.05, 4.69) is 15.3 Å². The van der Waals surface area contributed by atoms with Gasteiger partial charge in [-0.25, -0.2) is 9.37 Å². The lowest BCUT2D eigenvalue weighted by molar-refractivity contribution is 0.617. The summed E-state index contributed by atoms with van der Waals surface area (Å²) in [4.78, 5) is 8.14. The van der Waals surface area contributed by atoms with Crippen molar-refractivity contribution in [2.75, 3.05) is 5.32 Å². The summed E-state index contributed by atoms with van der Waals surface area (Å²) < 4.78 is 14.8. The normalized spacial score (nSPS) is 12.1. The van der Waals surface area contributed by atoms with E-state index in [0.29, 0.717) is 0 Å². The first-order valence-corrected chi connectivity index (χ1v) is 6.69. The number of nitrogens with zero attached hydrogens (tertiary/aromatic N) is 3. The molecule has 5 heteroatoms. The van der Waals surface area contributed by atoms with Crippen LogP contribution in [0.1, 0.15) is 18.7 Å². The molecule has 0 aliphatic rings. The molecule has 3 rings (SSSR count). The van der Waals surface area contributed by atoms with Crippen molar-refractivity contribution < 1.29 is 4.39 Å². The predicted octanol–water partition coefficient (Wildman–Crippen LogP) is 3.58. The van der Waals surface area contributed by atoms with E-state index in [4.69, 9.17) is 0 Å². The predicted molar refractivity (Wildman–Crippen MR) is 79.8 cm³/mol. The molecule has 0 saturated heterocycles. The molecule has 106 valence electrons. The van der Waals surface area contributed by atoms with Gasteiger partial charge in [-0.1, -0.05) is 6.07 Å². The molecule has 1 atom stereocenters. The molecule has 0 spiro atoms. The van der Waals surface area contributed by atoms with Crippen molar-refractivity contribution in [1.82, 2.24) is 14.5 Å². The van der Waals surface area contributed by atoms with Crippen molar-refractivity contribution in [3.05, 3.63) is 72.8 Å². The Hall–Kier alpha value is -2.69. The average Bonchev–Trinajstić information content (AvgIpc) is 3.02. The van der Waals surface area contributed by atoms with E-state index in [1.807, 2.05) is 42.0 Å². The van der Waals surface area contributed by atoms with Gasteiger partial charge in [0, 0.05) is 23.8 Å². The van der Waals surface area contributed by atoms with Crippen LogP contribution in [-0.4, -0.2) is 14.5 Å². The van der Waals surface area contributed by atoms with Crippen molar-refractivity contribution in [3.63, 3.8) is 0 Å². The van der Waals surface area contributed by atoms with Crippen molar-refractivity contribution in [1.29, 1.82) is 0 Å². The molecular formula is C16H15FN4. The first-order valence-electron chi connectivity index (χ1n) is 6.69. The third kappa shape index (κ3) is 3.08. The quantitative estimate of drug-likeness (QED) is 0.795. The molecule has 0 aliphatic heterocycles. The van der Waals surface area contributed by atoms with Crippen LogP contribution in [0.5, 0.6) is 0 Å². The van der Waals surface area contributed by atoms with Crippen LogP contribution >= 0.6 is 0 Å². The number of anilines is 1. The van der Waals surface area contributed by atoms with Gasteiger partial charge in [-0.2, -0.15) is 0 Å². The van der Waals surface area contributed by atoms with Crippen molar-refractivity contribution in [3.8, 4) is 5.69 Å². The van der Waals surface area contributed by atoms with E-state index in [1.54, 1.807) is 18.6 Å². The average molecular weight is 282 g/mol. The highest BCUT2D eigenvalue weighted by atomic mass is 19.1. The molecule has 1 N–H and O–H groups in total. The van der Waals surface area contributed by atoms with E-state index in [0.717, 1.165) is 17.1 Å². The molecule has 1 aromatic carbocycles. The van der Waals surface area contributed by atoms with Crippen LogP contribution < -0.4 is 5.32 Å². The minimum Gasteiger partial charge on any atom is -0.377 e. The molecular weight excluding hydrogens is 267 g/mol. The number of hydrogen-bond donors (Lipinski definition) is 1. The Bertz CT molecular complexity index is 707. The van der Waals surface area contributed by atoms with Crippen LogP contribution in [0, 0.1) is 5.82 Å². The fourth-order valence-corrected chi connectivity index (χ4v) is 2.14. The first-order chi connectivity index (χ1) is 10.2. The van der Waals surface area contributed by atoms with Gasteiger partial charge in [0.1, 0.15) is 5.82 Å². The molecule has 2 aromatic heterocycles. The highest BCUT2D eigenvalue weighted by Gasteiger charge is 2.07. The van der Waals surface area contributed by atoms with Crippen LogP contribution in [0.4, 0.5) is 10.1 Å². The summed E-state index contributed by atoms with van der Waals surface area (Å²) in [5, 5.41) is 3.36. The standard InChI is InChI=1S/C16H15FN4/c1-12(16-6-5-13(17)10-19-16)20-14-3-2-4-15(9-14)21-8-7-18-11-21/h2-12,20H,1H3. The minimum atomic E-state index is -0.326. The Balaban J connectivity index is 1.78. The second kappa shape index (κ2) is 5.75. The minimum absolute atomic E-state index is 0.0105. The summed E-state index contributed by atoms with van der Waals surface area (Å²) in [6.07, 6.45) is 6.62. The molecule has 1 unspecified atom stereocenters. The number of pyridine rings is 1. The maximum atomic E-state index is 12.9. The third-order valence-electron chi connectivity index (χ3n) is 3.23. The summed E-state index contributed by atoms with van der Waals surface area (Å²) in [7, 11) is 0. The van der Waals surface area contributed by atoms with Crippen LogP contribution in [0.2, 0.25) is 0 Å². The second-order valence-electron chi connectivity index (χ2n) is 4.79. The zero-order valence-electron chi connectivity index (χ0n) is 11.6. The number of aromatic nitrogens is 3. The topological polar surface area (TPSA) is 42.7 Å². The van der Waals surface area contributed by atoms with Gasteiger partial charge in [-0.05, 0) is 37.3 Å². The molecule has 0 fully saturated rings. The maximum absolute atomic E-state index is 12.9. The lowest BCUT2D eigenvalue weighted by Gasteiger charge is -2.15. The van der Waals surface area contributed by atoms with Gasteiger partial charge in [-0.3, -0.25) is 4.98 Å². The first kappa shape index (κ1) is 13.3. The Morgan fingerprint density at radius 1 is 1.24 bits per heavy atom. The molecule has 0 saturated carbocycles. The molecule has 0 amide bonds. The summed E-state index contributed by atoms with van der Waals surface area (Å²) in [6.45, 7) is 1.99. The fraction of sp³-hybridized carbons (Fsp3) is 0.125. The monoisotopic (exact) mass is 282 g/mol. The van der Waals surface area contributed by atoms with Gasteiger partial charge in [0.25, 0.3) is 0 Å². The number of benzene rings is 1. The third-order valence-corrected chi connectivity index (χ3v) is 3.23. The van der Waals surface area contributed by atoms with Gasteiger partial charge in [0.05, 0.1) is 24.3 Å². The number of nitrogens with one attached hydrogen (secondary N) is 1. The lowest BCUT2D eigenvalue weighted by Crippen LogP contribution is -2.08. The summed E-state index contributed by atoms with van der Waals surface area (Å²) >= 11 is 0. The van der Waals surface area contributed by atoms with Crippen molar-refractivity contribution in [2.24, 2.45) is 0 Å². The molecule has 0 aliphatic carbocycles. The zero-order valence-corrected chi connectivity index (χ0v) is 11.6. The number of rotatable bonds is 4. The highest BCUT2D eigenvalue weighted by Crippen LogP contribution is 2.20. The molecule has 0 radical (unpaired) electrons. The van der Waals surface area contributed by atoms with E-state index in [9.17, 15) is 4.39 Å². The Morgan fingerprint density at radius 3 is 2.86 bits per heavy atom. The second-order valence-corrected chi connectivity index (χ2v) is 4.79. The van der Waals surface area contributed by atoms with Crippen LogP contribution in [0.15, 0.2) is 61.3 Å². The molecule has 4 nitrogen and oxygen atoms in total. The SMILES string of the molecule is CC(Nc1cccc(-n2ccnc2)c1)c1ccc(F)cn1. The van der Waals surface area contributed by atoms with Gasteiger partial charge >= 0.3 is 0 Å². The Labute approximate surface area is 122 Å². The van der Waals surface area contributed by atoms with E-state index < -0.39 is 0 Å². The molecule has 2 heterocycles. The number of hydrogen-bond acceptors (Lipinski definition) is 3. The summed E-state index contributed by atoms with van der Waals surface area (Å²) in [5.74, 6) is -0.326. The van der Waals surface area contributed by atoms with E-state index in [-0.39, 0.29) is 11.9 Å². The zero-order chi connectivity index (χ0) is 14.7. The summed E-state index contributed by atoms with van der Waals surface area (Å²) in [6, 6.07) is 11.1. The Morgan fingerprint density at radius 2 is 2.14 bits per heavy atom. The molecule has 3 aromatic rings. The molecule has 0 bridgehead atoms. The Kier molecular flexibility index (Phi) is 3.64. The highest BCUT2D eigenvalue weighted by molar-refractivity contribution is 5.52. The maximum Gasteiger partial charge on any atom is 0.141 e. The van der Waals surface area contributed by atoms with Crippen LogP contribution in [0.3, 0.4) is 0 Å². The van der Waals surface area contributed by atoms with Crippen molar-refractivity contribution in [2.45, 2.75) is 13.0 Å². The van der Waals surface area contributed by atoms with Crippen molar-refractivity contribution >= 4 is 5.69 Å². The summed E-state index contributed by atoms with van der Waals surface area (Å²) in [5.41, 5.74) is 2.79. The number of imidazole rings is 1. The lowest BCUT2D eigenvalue weighted by atomic mass is 10.2. The largest absolute Gasteiger partial charge is 0.377 e. The van der Waals surface area contributed by atoms with E-state index >= 15 is 0 Å². The van der Waals surface area contributed by atoms with Gasteiger partial charge < -0.3 is 9.88 Å². The number of halogens is 1. The van der Waals surface area contributed by atoms with E-state index in [1.165, 1.54) is 12.3 Å². The van der Waals surface area contributed by atoms with Crippen LogP contribution in [0.25, 0.3) is 5.69 Å². The molecule has 21 heavy (non-hydrogen) atoms. The smallest absolute Gasteiger partial charge is 0.141 e. The van der Waals surface area contributed by atoms with Gasteiger partial charge in [-0.15, -0.1) is 0 Å². The van der Waals surface area contributed by atoms with Crippen LogP contribution in [-0.2, 0) is 0 Å². The van der Waals surface area contributed by atoms with Gasteiger partial charge in [0.2, 0.25) is 0 Å².